The molecule has 2 aromatic carbocycles. The second kappa shape index (κ2) is 7.51. The first-order chi connectivity index (χ1) is 12.4. The van der Waals surface area contributed by atoms with Crippen LogP contribution in [0.2, 0.25) is 0 Å². The van der Waals surface area contributed by atoms with E-state index in [9.17, 15) is 22.0 Å². The van der Waals surface area contributed by atoms with Crippen LogP contribution in [-0.4, -0.2) is 31.7 Å². The Morgan fingerprint density at radius 3 is 2.15 bits per heavy atom. The number of halogens is 2. The van der Waals surface area contributed by atoms with E-state index in [1.165, 1.54) is 40.7 Å². The quantitative estimate of drug-likeness (QED) is 0.887. The van der Waals surface area contributed by atoms with E-state index in [0.29, 0.717) is 0 Å². The average molecular weight is 380 g/mol. The fourth-order valence-corrected chi connectivity index (χ4v) is 4.48. The Labute approximate surface area is 150 Å². The van der Waals surface area contributed by atoms with Gasteiger partial charge in [-0.25, -0.2) is 17.2 Å². The molecule has 1 saturated heterocycles. The maximum Gasteiger partial charge on any atom is 0.245 e. The molecule has 8 heteroatoms. The molecule has 0 bridgehead atoms. The van der Waals surface area contributed by atoms with Crippen LogP contribution in [0.5, 0.6) is 0 Å². The standard InChI is InChI=1S/C18H18F2N2O3S/c19-14-5-1-3-7-16(14)21-18(23)13-9-11-22(12-10-13)26(24,25)17-8-4-2-6-15(17)20/h1-8,13H,9-12H2,(H,21,23). The Bertz CT molecular complexity index is 910. The van der Waals surface area contributed by atoms with E-state index < -0.39 is 27.6 Å². The van der Waals surface area contributed by atoms with Crippen LogP contribution in [-0.2, 0) is 14.8 Å². The molecule has 138 valence electrons. The normalized spacial score (nSPS) is 16.4. The number of nitrogens with one attached hydrogen (secondary N) is 1. The minimum absolute atomic E-state index is 0.0962. The van der Waals surface area contributed by atoms with Gasteiger partial charge in [-0.2, -0.15) is 4.31 Å². The number of sulfonamides is 1. The van der Waals surface area contributed by atoms with Crippen LogP contribution in [0, 0.1) is 17.6 Å². The molecule has 0 spiro atoms. The summed E-state index contributed by atoms with van der Waals surface area (Å²) in [5.74, 6) is -2.10. The maximum atomic E-state index is 13.8. The number of amides is 1. The molecule has 26 heavy (non-hydrogen) atoms. The van der Waals surface area contributed by atoms with Crippen molar-refractivity contribution < 1.29 is 22.0 Å². The predicted molar refractivity (Wildman–Crippen MR) is 92.9 cm³/mol. The highest BCUT2D eigenvalue weighted by Gasteiger charge is 2.33. The largest absolute Gasteiger partial charge is 0.323 e. The number of carbonyl (C=O) groups is 1. The summed E-state index contributed by atoms with van der Waals surface area (Å²) in [6.45, 7) is 0.206. The lowest BCUT2D eigenvalue weighted by Crippen LogP contribution is -2.41. The second-order valence-electron chi connectivity index (χ2n) is 6.08. The molecule has 1 fully saturated rings. The van der Waals surface area contributed by atoms with Crippen molar-refractivity contribution in [2.75, 3.05) is 18.4 Å². The van der Waals surface area contributed by atoms with Crippen molar-refractivity contribution in [3.05, 3.63) is 60.2 Å². The molecule has 0 atom stereocenters. The molecule has 0 aliphatic carbocycles. The number of hydrogen-bond acceptors (Lipinski definition) is 3. The highest BCUT2D eigenvalue weighted by atomic mass is 32.2. The molecule has 2 aromatic rings. The molecule has 0 saturated carbocycles. The first kappa shape index (κ1) is 18.5. The van der Waals surface area contributed by atoms with Crippen LogP contribution in [0.1, 0.15) is 12.8 Å². The number of piperidine rings is 1. The third kappa shape index (κ3) is 3.76. The summed E-state index contributed by atoms with van der Waals surface area (Å²) in [5, 5.41) is 2.53. The Kier molecular flexibility index (Phi) is 5.33. The summed E-state index contributed by atoms with van der Waals surface area (Å²) in [6.07, 6.45) is 0.571. The molecule has 1 amide bonds. The van der Waals surface area contributed by atoms with E-state index in [1.54, 1.807) is 6.07 Å². The van der Waals surface area contributed by atoms with Crippen LogP contribution in [0.25, 0.3) is 0 Å². The van der Waals surface area contributed by atoms with Gasteiger partial charge in [-0.15, -0.1) is 0 Å². The number of para-hydroxylation sites is 1. The van der Waals surface area contributed by atoms with Crippen molar-refractivity contribution >= 4 is 21.6 Å². The fraction of sp³-hybridized carbons (Fsp3) is 0.278. The Morgan fingerprint density at radius 2 is 1.54 bits per heavy atom. The average Bonchev–Trinajstić information content (AvgIpc) is 2.64. The van der Waals surface area contributed by atoms with Crippen molar-refractivity contribution in [2.24, 2.45) is 5.92 Å². The molecular weight excluding hydrogens is 362 g/mol. The third-order valence-corrected chi connectivity index (χ3v) is 6.34. The number of rotatable bonds is 4. The van der Waals surface area contributed by atoms with Gasteiger partial charge in [0, 0.05) is 19.0 Å². The predicted octanol–water partition coefficient (Wildman–Crippen LogP) is 3.00. The van der Waals surface area contributed by atoms with Crippen LogP contribution in [0.3, 0.4) is 0 Å². The molecule has 1 aliphatic heterocycles. The fourth-order valence-electron chi connectivity index (χ4n) is 2.95. The van der Waals surface area contributed by atoms with Gasteiger partial charge < -0.3 is 5.32 Å². The molecule has 1 aliphatic rings. The van der Waals surface area contributed by atoms with Gasteiger partial charge in [0.05, 0.1) is 5.69 Å². The van der Waals surface area contributed by atoms with E-state index in [-0.39, 0.29) is 42.4 Å². The smallest absolute Gasteiger partial charge is 0.245 e. The first-order valence-electron chi connectivity index (χ1n) is 8.19. The van der Waals surface area contributed by atoms with Crippen LogP contribution >= 0.6 is 0 Å². The third-order valence-electron chi connectivity index (χ3n) is 4.41. The Hall–Kier alpha value is -2.32. The molecule has 0 unspecified atom stereocenters. The summed E-state index contributed by atoms with van der Waals surface area (Å²) in [7, 11) is -3.94. The zero-order chi connectivity index (χ0) is 18.7. The number of carbonyl (C=O) groups excluding carboxylic acids is 1. The zero-order valence-corrected chi connectivity index (χ0v) is 14.7. The SMILES string of the molecule is O=C(Nc1ccccc1F)C1CCN(S(=O)(=O)c2ccccc2F)CC1. The summed E-state index contributed by atoms with van der Waals surface area (Å²) in [4.78, 5) is 11.9. The number of benzene rings is 2. The molecule has 0 radical (unpaired) electrons. The van der Waals surface area contributed by atoms with Crippen molar-refractivity contribution in [2.45, 2.75) is 17.7 Å². The lowest BCUT2D eigenvalue weighted by atomic mass is 9.97. The van der Waals surface area contributed by atoms with E-state index in [1.807, 2.05) is 0 Å². The second-order valence-corrected chi connectivity index (χ2v) is 7.98. The van der Waals surface area contributed by atoms with Crippen molar-refractivity contribution in [3.63, 3.8) is 0 Å². The number of anilines is 1. The van der Waals surface area contributed by atoms with E-state index in [2.05, 4.69) is 5.32 Å². The molecule has 1 N–H and O–H groups in total. The molecule has 3 rings (SSSR count). The highest BCUT2D eigenvalue weighted by molar-refractivity contribution is 7.89. The monoisotopic (exact) mass is 380 g/mol. The van der Waals surface area contributed by atoms with Gasteiger partial charge >= 0.3 is 0 Å². The van der Waals surface area contributed by atoms with Crippen molar-refractivity contribution in [3.8, 4) is 0 Å². The summed E-state index contributed by atoms with van der Waals surface area (Å²) >= 11 is 0. The van der Waals surface area contributed by atoms with Gasteiger partial charge in [0.15, 0.2) is 0 Å². The van der Waals surface area contributed by atoms with Gasteiger partial charge in [0.1, 0.15) is 16.5 Å². The number of nitrogens with zero attached hydrogens (tertiary/aromatic N) is 1. The van der Waals surface area contributed by atoms with Crippen LogP contribution in [0.15, 0.2) is 53.4 Å². The summed E-state index contributed by atoms with van der Waals surface area (Å²) < 4.78 is 53.7. The van der Waals surface area contributed by atoms with Gasteiger partial charge in [-0.05, 0) is 37.1 Å². The van der Waals surface area contributed by atoms with Gasteiger partial charge in [-0.1, -0.05) is 24.3 Å². The van der Waals surface area contributed by atoms with E-state index in [0.717, 1.165) is 6.07 Å². The van der Waals surface area contributed by atoms with Crippen LogP contribution < -0.4 is 5.32 Å². The lowest BCUT2D eigenvalue weighted by molar-refractivity contribution is -0.120. The number of hydrogen-bond donors (Lipinski definition) is 1. The molecular formula is C18H18F2N2O3S. The van der Waals surface area contributed by atoms with Gasteiger partial charge in [0.2, 0.25) is 15.9 Å². The minimum Gasteiger partial charge on any atom is -0.323 e. The topological polar surface area (TPSA) is 66.5 Å². The summed E-state index contributed by atoms with van der Waals surface area (Å²) in [6, 6.07) is 11.1. The Balaban J connectivity index is 1.65. The zero-order valence-electron chi connectivity index (χ0n) is 13.9. The van der Waals surface area contributed by atoms with Gasteiger partial charge in [-0.3, -0.25) is 4.79 Å². The van der Waals surface area contributed by atoms with E-state index in [4.69, 9.17) is 0 Å². The highest BCUT2D eigenvalue weighted by Crippen LogP contribution is 2.26. The minimum atomic E-state index is -3.94. The molecule has 1 heterocycles. The maximum absolute atomic E-state index is 13.8. The van der Waals surface area contributed by atoms with Crippen molar-refractivity contribution in [1.82, 2.24) is 4.31 Å². The molecule has 5 nitrogen and oxygen atoms in total. The van der Waals surface area contributed by atoms with E-state index >= 15 is 0 Å². The van der Waals surface area contributed by atoms with Crippen molar-refractivity contribution in [1.29, 1.82) is 0 Å². The Morgan fingerprint density at radius 1 is 0.962 bits per heavy atom. The first-order valence-corrected chi connectivity index (χ1v) is 9.63. The van der Waals surface area contributed by atoms with Gasteiger partial charge in [0.25, 0.3) is 0 Å². The van der Waals surface area contributed by atoms with Crippen LogP contribution in [0.4, 0.5) is 14.5 Å². The summed E-state index contributed by atoms with van der Waals surface area (Å²) in [5.41, 5.74) is 0.0962. The lowest BCUT2D eigenvalue weighted by Gasteiger charge is -2.30. The molecule has 0 aromatic heterocycles.